The number of carbonyl (C=O) groups is 1. The number of rotatable bonds is 2. The number of aromatic nitrogens is 2. The molecule has 0 saturated carbocycles. The first-order chi connectivity index (χ1) is 9.08. The Morgan fingerprint density at radius 2 is 2.05 bits per heavy atom. The maximum absolute atomic E-state index is 11.4. The number of aryl methyl sites for hydroxylation is 3. The van der Waals surface area contributed by atoms with Crippen LogP contribution in [0.4, 0.5) is 0 Å². The Labute approximate surface area is 111 Å². The Morgan fingerprint density at radius 3 is 2.79 bits per heavy atom. The van der Waals surface area contributed by atoms with Gasteiger partial charge in [0, 0.05) is 12.6 Å². The summed E-state index contributed by atoms with van der Waals surface area (Å²) in [7, 11) is 1.74. The minimum absolute atomic E-state index is 0.260. The van der Waals surface area contributed by atoms with Crippen molar-refractivity contribution in [2.75, 3.05) is 0 Å². The molecule has 0 aliphatic heterocycles. The molecule has 1 aromatic carbocycles. The average Bonchev–Trinajstić information content (AvgIpc) is 2.94. The number of carboxylic acids is 1. The van der Waals surface area contributed by atoms with Crippen molar-refractivity contribution in [3.8, 4) is 11.3 Å². The molecule has 0 atom stereocenters. The fourth-order valence-electron chi connectivity index (χ4n) is 2.78. The Balaban J connectivity index is 2.17. The van der Waals surface area contributed by atoms with Gasteiger partial charge in [-0.25, -0.2) is 9.78 Å². The zero-order chi connectivity index (χ0) is 13.6. The summed E-state index contributed by atoms with van der Waals surface area (Å²) in [4.78, 5) is 15.8. The molecule has 1 heterocycles. The second-order valence-electron chi connectivity index (χ2n) is 5.06. The second kappa shape index (κ2) is 4.23. The molecular formula is C15H16N2O2. The van der Waals surface area contributed by atoms with Crippen molar-refractivity contribution in [3.63, 3.8) is 0 Å². The lowest BCUT2D eigenvalue weighted by molar-refractivity contribution is 0.0687. The number of hydrogen-bond donors (Lipinski definition) is 1. The quantitative estimate of drug-likeness (QED) is 0.898. The first-order valence-electron chi connectivity index (χ1n) is 6.46. The van der Waals surface area contributed by atoms with E-state index in [0.29, 0.717) is 11.5 Å². The molecule has 98 valence electrons. The van der Waals surface area contributed by atoms with Crippen LogP contribution >= 0.6 is 0 Å². The Morgan fingerprint density at radius 1 is 1.32 bits per heavy atom. The van der Waals surface area contributed by atoms with Gasteiger partial charge in [-0.05, 0) is 43.4 Å². The summed E-state index contributed by atoms with van der Waals surface area (Å²) in [6, 6.07) is 6.18. The highest BCUT2D eigenvalue weighted by molar-refractivity contribution is 5.93. The van der Waals surface area contributed by atoms with Crippen LogP contribution < -0.4 is 0 Å². The van der Waals surface area contributed by atoms with E-state index in [1.54, 1.807) is 11.6 Å². The van der Waals surface area contributed by atoms with Crippen LogP contribution in [0, 0.1) is 6.92 Å². The first-order valence-corrected chi connectivity index (χ1v) is 6.46. The molecule has 0 amide bonds. The van der Waals surface area contributed by atoms with Crippen molar-refractivity contribution in [2.45, 2.75) is 26.2 Å². The molecule has 0 saturated heterocycles. The molecule has 19 heavy (non-hydrogen) atoms. The van der Waals surface area contributed by atoms with Gasteiger partial charge in [0.25, 0.3) is 0 Å². The highest BCUT2D eigenvalue weighted by Crippen LogP contribution is 2.29. The van der Waals surface area contributed by atoms with Gasteiger partial charge < -0.3 is 9.67 Å². The number of benzene rings is 1. The average molecular weight is 256 g/mol. The fraction of sp³-hybridized carbons (Fsp3) is 0.333. The van der Waals surface area contributed by atoms with Crippen molar-refractivity contribution in [1.29, 1.82) is 0 Å². The van der Waals surface area contributed by atoms with Gasteiger partial charge in [-0.1, -0.05) is 12.1 Å². The fourth-order valence-corrected chi connectivity index (χ4v) is 2.78. The lowest BCUT2D eigenvalue weighted by Gasteiger charge is -2.04. The lowest BCUT2D eigenvalue weighted by atomic mass is 10.0. The van der Waals surface area contributed by atoms with E-state index in [1.807, 2.05) is 13.0 Å². The van der Waals surface area contributed by atoms with Crippen LogP contribution in [0.2, 0.25) is 0 Å². The van der Waals surface area contributed by atoms with E-state index in [1.165, 1.54) is 17.5 Å². The van der Waals surface area contributed by atoms with Gasteiger partial charge in [-0.3, -0.25) is 0 Å². The van der Waals surface area contributed by atoms with Gasteiger partial charge in [-0.15, -0.1) is 0 Å². The largest absolute Gasteiger partial charge is 0.477 e. The van der Waals surface area contributed by atoms with Crippen molar-refractivity contribution >= 4 is 5.97 Å². The highest BCUT2D eigenvalue weighted by atomic mass is 16.4. The maximum atomic E-state index is 11.4. The minimum atomic E-state index is -0.932. The van der Waals surface area contributed by atoms with Gasteiger partial charge in [0.1, 0.15) is 11.5 Å². The Hall–Kier alpha value is -2.10. The molecule has 0 fully saturated rings. The summed E-state index contributed by atoms with van der Waals surface area (Å²) in [5.41, 5.74) is 4.45. The normalized spacial score (nSPS) is 13.6. The summed E-state index contributed by atoms with van der Waals surface area (Å²) in [6.45, 7) is 1.82. The molecule has 4 nitrogen and oxygen atoms in total. The van der Waals surface area contributed by atoms with E-state index in [9.17, 15) is 9.90 Å². The van der Waals surface area contributed by atoms with Gasteiger partial charge in [0.2, 0.25) is 0 Å². The molecule has 0 unspecified atom stereocenters. The zero-order valence-corrected chi connectivity index (χ0v) is 11.1. The molecule has 0 radical (unpaired) electrons. The van der Waals surface area contributed by atoms with Crippen LogP contribution in [0.15, 0.2) is 18.2 Å². The number of imidazole rings is 1. The minimum Gasteiger partial charge on any atom is -0.477 e. The second-order valence-corrected chi connectivity index (χ2v) is 5.06. The van der Waals surface area contributed by atoms with E-state index in [-0.39, 0.29) is 5.69 Å². The maximum Gasteiger partial charge on any atom is 0.354 e. The number of aromatic carboxylic acids is 1. The van der Waals surface area contributed by atoms with E-state index < -0.39 is 5.97 Å². The van der Waals surface area contributed by atoms with Crippen molar-refractivity contribution in [3.05, 3.63) is 40.8 Å². The number of hydrogen-bond acceptors (Lipinski definition) is 2. The molecule has 1 aromatic heterocycles. The molecular weight excluding hydrogens is 240 g/mol. The predicted octanol–water partition coefficient (Wildman–Crippen LogP) is 2.58. The lowest BCUT2D eigenvalue weighted by Crippen LogP contribution is -2.06. The van der Waals surface area contributed by atoms with Gasteiger partial charge >= 0.3 is 5.97 Å². The molecule has 1 N–H and O–H groups in total. The summed E-state index contributed by atoms with van der Waals surface area (Å²) < 4.78 is 1.63. The highest BCUT2D eigenvalue weighted by Gasteiger charge is 2.21. The predicted molar refractivity (Wildman–Crippen MR) is 72.4 cm³/mol. The van der Waals surface area contributed by atoms with Crippen molar-refractivity contribution < 1.29 is 9.90 Å². The van der Waals surface area contributed by atoms with Crippen molar-refractivity contribution in [1.82, 2.24) is 9.55 Å². The summed E-state index contributed by atoms with van der Waals surface area (Å²) in [5, 5.41) is 9.35. The van der Waals surface area contributed by atoms with Crippen LogP contribution in [0.5, 0.6) is 0 Å². The Kier molecular flexibility index (Phi) is 2.66. The smallest absolute Gasteiger partial charge is 0.354 e. The number of carboxylic acid groups (broad SMARTS) is 1. The molecule has 1 aliphatic carbocycles. The molecule has 0 bridgehead atoms. The van der Waals surface area contributed by atoms with Gasteiger partial charge in [-0.2, -0.15) is 0 Å². The SMILES string of the molecule is Cc1nc(-c2ccc3c(c2)CCC3)c(C(=O)O)n1C. The van der Waals surface area contributed by atoms with E-state index >= 15 is 0 Å². The summed E-state index contributed by atoms with van der Waals surface area (Å²) in [6.07, 6.45) is 3.39. The van der Waals surface area contributed by atoms with Crippen LogP contribution in [0.25, 0.3) is 11.3 Å². The number of nitrogens with zero attached hydrogens (tertiary/aromatic N) is 2. The topological polar surface area (TPSA) is 55.1 Å². The molecule has 1 aliphatic rings. The standard InChI is InChI=1S/C15H16N2O2/c1-9-16-13(14(15(18)19)17(9)2)12-7-6-10-4-3-5-11(10)8-12/h6-8H,3-5H2,1-2H3,(H,18,19). The number of fused-ring (bicyclic) bond motifs is 1. The van der Waals surface area contributed by atoms with E-state index in [2.05, 4.69) is 17.1 Å². The third kappa shape index (κ3) is 1.84. The monoisotopic (exact) mass is 256 g/mol. The summed E-state index contributed by atoms with van der Waals surface area (Å²) in [5.74, 6) is -0.216. The van der Waals surface area contributed by atoms with Crippen LogP contribution in [0.3, 0.4) is 0 Å². The third-order valence-corrected chi connectivity index (χ3v) is 3.89. The van der Waals surface area contributed by atoms with Crippen LogP contribution in [0.1, 0.15) is 33.9 Å². The molecule has 4 heteroatoms. The Bertz CT molecular complexity index is 671. The van der Waals surface area contributed by atoms with E-state index in [0.717, 1.165) is 18.4 Å². The molecule has 2 aromatic rings. The van der Waals surface area contributed by atoms with E-state index in [4.69, 9.17) is 0 Å². The first kappa shape index (κ1) is 12.0. The zero-order valence-electron chi connectivity index (χ0n) is 11.1. The molecule has 0 spiro atoms. The van der Waals surface area contributed by atoms with Gasteiger partial charge in [0.15, 0.2) is 5.69 Å². The summed E-state index contributed by atoms with van der Waals surface area (Å²) >= 11 is 0. The van der Waals surface area contributed by atoms with Crippen molar-refractivity contribution in [2.24, 2.45) is 7.05 Å². The van der Waals surface area contributed by atoms with Crippen LogP contribution in [-0.2, 0) is 19.9 Å². The molecule has 3 rings (SSSR count). The van der Waals surface area contributed by atoms with Crippen LogP contribution in [-0.4, -0.2) is 20.6 Å². The van der Waals surface area contributed by atoms with Gasteiger partial charge in [0.05, 0.1) is 0 Å². The third-order valence-electron chi connectivity index (χ3n) is 3.89.